The number of H-pyrrole nitrogens is 1. The first-order chi connectivity index (χ1) is 10.1. The number of nitrogens with zero attached hydrogens (tertiary/aromatic N) is 2. The molecule has 1 atom stereocenters. The summed E-state index contributed by atoms with van der Waals surface area (Å²) in [5.41, 5.74) is 1.02. The molecule has 0 bridgehead atoms. The lowest BCUT2D eigenvalue weighted by Gasteiger charge is -2.16. The molecule has 0 aliphatic carbocycles. The molecule has 1 fully saturated rings. The molecule has 0 saturated carbocycles. The maximum Gasteiger partial charge on any atom is 0.326 e. The second kappa shape index (κ2) is 5.08. The molecule has 3 rings (SSSR count). The number of para-hydroxylation sites is 2. The van der Waals surface area contributed by atoms with Gasteiger partial charge in [-0.2, -0.15) is 0 Å². The summed E-state index contributed by atoms with van der Waals surface area (Å²) in [6, 6.07) is 7.15. The smallest absolute Gasteiger partial charge is 0.326 e. The van der Waals surface area contributed by atoms with Gasteiger partial charge in [-0.15, -0.1) is 0 Å². The van der Waals surface area contributed by atoms with Gasteiger partial charge in [0.05, 0.1) is 17.0 Å². The zero-order chi connectivity index (χ0) is 15.0. The number of carbonyl (C=O) groups excluding carboxylic acids is 1. The minimum absolute atomic E-state index is 0.0742. The van der Waals surface area contributed by atoms with Gasteiger partial charge in [0.25, 0.3) is 0 Å². The highest BCUT2D eigenvalue weighted by molar-refractivity contribution is 5.81. The van der Waals surface area contributed by atoms with Gasteiger partial charge in [0.2, 0.25) is 5.91 Å². The molecule has 2 heterocycles. The Labute approximate surface area is 119 Å². The Morgan fingerprint density at radius 2 is 2.10 bits per heavy atom. The summed E-state index contributed by atoms with van der Waals surface area (Å²) in [7, 11) is 0. The second-order valence-corrected chi connectivity index (χ2v) is 5.20. The SMILES string of the molecule is O=C(O)[C@H]1CCN(C(=O)Cn2c(=O)[nH]c3ccccc32)C1. The van der Waals surface area contributed by atoms with Crippen LogP contribution in [-0.4, -0.2) is 44.5 Å². The maximum absolute atomic E-state index is 12.2. The van der Waals surface area contributed by atoms with Crippen LogP contribution in [0.1, 0.15) is 6.42 Å². The van der Waals surface area contributed by atoms with Gasteiger partial charge in [-0.1, -0.05) is 12.1 Å². The van der Waals surface area contributed by atoms with E-state index >= 15 is 0 Å². The normalized spacial score (nSPS) is 18.3. The third kappa shape index (κ3) is 2.42. The first-order valence-corrected chi connectivity index (χ1v) is 6.74. The third-order valence-corrected chi connectivity index (χ3v) is 3.87. The van der Waals surface area contributed by atoms with Crippen LogP contribution in [-0.2, 0) is 16.1 Å². The molecule has 7 nitrogen and oxygen atoms in total. The van der Waals surface area contributed by atoms with Crippen molar-refractivity contribution in [3.63, 3.8) is 0 Å². The lowest BCUT2D eigenvalue weighted by atomic mass is 10.1. The Balaban J connectivity index is 1.80. The predicted octanol–water partition coefficient (Wildman–Crippen LogP) is 0.263. The van der Waals surface area contributed by atoms with E-state index in [0.717, 1.165) is 0 Å². The van der Waals surface area contributed by atoms with Crippen molar-refractivity contribution >= 4 is 22.9 Å². The number of hydrogen-bond acceptors (Lipinski definition) is 3. The van der Waals surface area contributed by atoms with E-state index in [-0.39, 0.29) is 24.7 Å². The van der Waals surface area contributed by atoms with Gasteiger partial charge in [0.1, 0.15) is 6.54 Å². The van der Waals surface area contributed by atoms with E-state index in [1.807, 2.05) is 6.07 Å². The van der Waals surface area contributed by atoms with Crippen LogP contribution < -0.4 is 5.69 Å². The van der Waals surface area contributed by atoms with Gasteiger partial charge >= 0.3 is 11.7 Å². The van der Waals surface area contributed by atoms with E-state index in [1.165, 1.54) is 9.47 Å². The lowest BCUT2D eigenvalue weighted by Crippen LogP contribution is -2.35. The highest BCUT2D eigenvalue weighted by Crippen LogP contribution is 2.17. The average molecular weight is 289 g/mol. The van der Waals surface area contributed by atoms with Crippen molar-refractivity contribution in [3.05, 3.63) is 34.7 Å². The second-order valence-electron chi connectivity index (χ2n) is 5.20. The molecule has 1 aliphatic rings. The van der Waals surface area contributed by atoms with Crippen molar-refractivity contribution < 1.29 is 14.7 Å². The van der Waals surface area contributed by atoms with Gasteiger partial charge in [-0.25, -0.2) is 4.79 Å². The van der Waals surface area contributed by atoms with Gasteiger partial charge in [-0.3, -0.25) is 14.2 Å². The van der Waals surface area contributed by atoms with E-state index in [2.05, 4.69) is 4.98 Å². The summed E-state index contributed by atoms with van der Waals surface area (Å²) in [6.45, 7) is 0.563. The number of aliphatic carboxylic acids is 1. The molecule has 2 N–H and O–H groups in total. The number of hydrogen-bond donors (Lipinski definition) is 2. The van der Waals surface area contributed by atoms with Crippen LogP contribution in [0.4, 0.5) is 0 Å². The van der Waals surface area contributed by atoms with E-state index in [1.54, 1.807) is 18.2 Å². The van der Waals surface area contributed by atoms with Crippen molar-refractivity contribution in [2.75, 3.05) is 13.1 Å². The monoisotopic (exact) mass is 289 g/mol. The van der Waals surface area contributed by atoms with Crippen LogP contribution in [0.15, 0.2) is 29.1 Å². The first kappa shape index (κ1) is 13.4. The fourth-order valence-electron chi connectivity index (χ4n) is 2.69. The standard InChI is InChI=1S/C14H15N3O4/c18-12(16-6-5-9(7-16)13(19)20)8-17-11-4-2-1-3-10(11)15-14(17)21/h1-4,9H,5-8H2,(H,15,21)(H,19,20)/t9-/m0/s1. The Hall–Kier alpha value is -2.57. The van der Waals surface area contributed by atoms with Crippen molar-refractivity contribution in [2.45, 2.75) is 13.0 Å². The van der Waals surface area contributed by atoms with E-state index in [0.29, 0.717) is 24.0 Å². The van der Waals surface area contributed by atoms with Crippen LogP contribution in [0, 0.1) is 5.92 Å². The zero-order valence-corrected chi connectivity index (χ0v) is 11.3. The van der Waals surface area contributed by atoms with Gasteiger partial charge in [0.15, 0.2) is 0 Å². The summed E-state index contributed by atoms with van der Waals surface area (Å²) < 4.78 is 1.38. The number of fused-ring (bicyclic) bond motifs is 1. The molecular weight excluding hydrogens is 274 g/mol. The van der Waals surface area contributed by atoms with Crippen LogP contribution in [0.5, 0.6) is 0 Å². The number of aromatic nitrogens is 2. The summed E-state index contributed by atoms with van der Waals surface area (Å²) in [5.74, 6) is -1.62. The molecule has 0 unspecified atom stereocenters. The number of benzene rings is 1. The Morgan fingerprint density at radius 1 is 1.33 bits per heavy atom. The first-order valence-electron chi connectivity index (χ1n) is 6.74. The Bertz CT molecular complexity index is 761. The van der Waals surface area contributed by atoms with E-state index < -0.39 is 11.9 Å². The minimum Gasteiger partial charge on any atom is -0.481 e. The van der Waals surface area contributed by atoms with E-state index in [9.17, 15) is 14.4 Å². The molecule has 1 aromatic carbocycles. The van der Waals surface area contributed by atoms with Crippen molar-refractivity contribution in [2.24, 2.45) is 5.92 Å². The number of nitrogens with one attached hydrogen (secondary N) is 1. The topological polar surface area (TPSA) is 95.4 Å². The summed E-state index contributed by atoms with van der Waals surface area (Å²) in [6.07, 6.45) is 0.462. The van der Waals surface area contributed by atoms with Crippen LogP contribution in [0.2, 0.25) is 0 Å². The third-order valence-electron chi connectivity index (χ3n) is 3.87. The van der Waals surface area contributed by atoms with Crippen LogP contribution in [0.25, 0.3) is 11.0 Å². The number of likely N-dealkylation sites (tertiary alicyclic amines) is 1. The fraction of sp³-hybridized carbons (Fsp3) is 0.357. The molecule has 0 radical (unpaired) electrons. The highest BCUT2D eigenvalue weighted by atomic mass is 16.4. The van der Waals surface area contributed by atoms with Crippen molar-refractivity contribution in [1.29, 1.82) is 0 Å². The van der Waals surface area contributed by atoms with Gasteiger partial charge in [-0.05, 0) is 18.6 Å². The highest BCUT2D eigenvalue weighted by Gasteiger charge is 2.31. The number of aromatic amines is 1. The number of imidazole rings is 1. The minimum atomic E-state index is -0.880. The number of carboxylic acid groups (broad SMARTS) is 1. The molecule has 110 valence electrons. The largest absolute Gasteiger partial charge is 0.481 e. The van der Waals surface area contributed by atoms with E-state index in [4.69, 9.17) is 5.11 Å². The van der Waals surface area contributed by atoms with Crippen molar-refractivity contribution in [3.8, 4) is 0 Å². The summed E-state index contributed by atoms with van der Waals surface area (Å²) >= 11 is 0. The summed E-state index contributed by atoms with van der Waals surface area (Å²) in [5, 5.41) is 8.96. The molecule has 7 heteroatoms. The number of carboxylic acids is 1. The number of carbonyl (C=O) groups is 2. The number of amides is 1. The van der Waals surface area contributed by atoms with Crippen molar-refractivity contribution in [1.82, 2.24) is 14.5 Å². The van der Waals surface area contributed by atoms with Gasteiger partial charge < -0.3 is 15.0 Å². The molecule has 0 spiro atoms. The Morgan fingerprint density at radius 3 is 2.81 bits per heavy atom. The fourth-order valence-corrected chi connectivity index (χ4v) is 2.69. The lowest BCUT2D eigenvalue weighted by molar-refractivity contribution is -0.141. The maximum atomic E-state index is 12.2. The number of rotatable bonds is 3. The quantitative estimate of drug-likeness (QED) is 0.847. The zero-order valence-electron chi connectivity index (χ0n) is 11.3. The van der Waals surface area contributed by atoms with Crippen LogP contribution in [0.3, 0.4) is 0 Å². The molecular formula is C14H15N3O4. The molecule has 21 heavy (non-hydrogen) atoms. The Kier molecular flexibility index (Phi) is 3.25. The molecule has 2 aromatic rings. The van der Waals surface area contributed by atoms with Gasteiger partial charge in [0, 0.05) is 13.1 Å². The average Bonchev–Trinajstić information content (AvgIpc) is 3.05. The van der Waals surface area contributed by atoms with Crippen LogP contribution >= 0.6 is 0 Å². The molecule has 1 amide bonds. The predicted molar refractivity (Wildman–Crippen MR) is 74.9 cm³/mol. The molecule has 1 aliphatic heterocycles. The molecule has 1 saturated heterocycles. The summed E-state index contributed by atoms with van der Waals surface area (Å²) in [4.78, 5) is 39.3. The molecule has 1 aromatic heterocycles.